The molecule has 0 aliphatic heterocycles. The van der Waals surface area contributed by atoms with E-state index < -0.39 is 0 Å². The van der Waals surface area contributed by atoms with Crippen molar-refractivity contribution >= 4 is 27.5 Å². The molecule has 3 nitrogen and oxygen atoms in total. The third-order valence-corrected chi connectivity index (χ3v) is 4.64. The first-order valence-electron chi connectivity index (χ1n) is 6.01. The number of halogens is 2. The van der Waals surface area contributed by atoms with Crippen molar-refractivity contribution in [1.82, 2.24) is 9.97 Å². The van der Waals surface area contributed by atoms with Crippen LogP contribution in [0, 0.1) is 0 Å². The lowest BCUT2D eigenvalue weighted by atomic mass is 10.0. The smallest absolute Gasteiger partial charge is 0.164 e. The Morgan fingerprint density at radius 3 is 2.72 bits per heavy atom. The molecule has 0 aromatic carbocycles. The van der Waals surface area contributed by atoms with E-state index in [0.717, 1.165) is 15.7 Å². The zero-order chi connectivity index (χ0) is 12.5. The predicted octanol–water partition coefficient (Wildman–Crippen LogP) is 4.81. The van der Waals surface area contributed by atoms with Gasteiger partial charge in [0.15, 0.2) is 5.82 Å². The largest absolute Gasteiger partial charge is 0.472 e. The van der Waals surface area contributed by atoms with Gasteiger partial charge in [-0.05, 0) is 34.8 Å². The minimum Gasteiger partial charge on any atom is -0.472 e. The van der Waals surface area contributed by atoms with Gasteiger partial charge in [0, 0.05) is 5.92 Å². The number of furan rings is 1. The quantitative estimate of drug-likeness (QED) is 0.743. The van der Waals surface area contributed by atoms with Crippen LogP contribution < -0.4 is 0 Å². The highest BCUT2D eigenvalue weighted by Crippen LogP contribution is 2.39. The monoisotopic (exact) mass is 326 g/mol. The Morgan fingerprint density at radius 1 is 1.28 bits per heavy atom. The van der Waals surface area contributed by atoms with Crippen molar-refractivity contribution in [3.63, 3.8) is 0 Å². The molecule has 0 spiro atoms. The molecule has 1 saturated carbocycles. The zero-order valence-corrected chi connectivity index (χ0v) is 12.0. The predicted molar refractivity (Wildman–Crippen MR) is 73.7 cm³/mol. The van der Waals surface area contributed by atoms with Crippen LogP contribution in [0.3, 0.4) is 0 Å². The van der Waals surface area contributed by atoms with Crippen LogP contribution in [-0.2, 0) is 0 Å². The fourth-order valence-electron chi connectivity index (χ4n) is 2.43. The second kappa shape index (κ2) is 5.02. The summed E-state index contributed by atoms with van der Waals surface area (Å²) in [5.74, 6) is 1.13. The van der Waals surface area contributed by atoms with E-state index in [1.165, 1.54) is 25.7 Å². The third kappa shape index (κ3) is 2.19. The first-order valence-corrected chi connectivity index (χ1v) is 7.18. The Morgan fingerprint density at radius 2 is 2.06 bits per heavy atom. The van der Waals surface area contributed by atoms with Crippen LogP contribution >= 0.6 is 27.5 Å². The van der Waals surface area contributed by atoms with Gasteiger partial charge in [0.05, 0.1) is 22.0 Å². The van der Waals surface area contributed by atoms with Crippen LogP contribution in [0.1, 0.15) is 37.3 Å². The minimum absolute atomic E-state index is 0.475. The fourth-order valence-corrected chi connectivity index (χ4v) is 3.10. The molecular weight excluding hydrogens is 316 g/mol. The van der Waals surface area contributed by atoms with Crippen LogP contribution in [-0.4, -0.2) is 9.97 Å². The molecule has 0 radical (unpaired) electrons. The molecule has 1 aliphatic carbocycles. The summed E-state index contributed by atoms with van der Waals surface area (Å²) in [6.45, 7) is 0. The molecule has 5 heteroatoms. The number of hydrogen-bond donors (Lipinski definition) is 0. The molecule has 0 unspecified atom stereocenters. The lowest BCUT2D eigenvalue weighted by Gasteiger charge is -2.12. The van der Waals surface area contributed by atoms with Gasteiger partial charge in [-0.2, -0.15) is 0 Å². The number of aromatic nitrogens is 2. The Hall–Kier alpha value is -0.870. The second-order valence-corrected chi connectivity index (χ2v) is 5.68. The van der Waals surface area contributed by atoms with Crippen LogP contribution in [0.15, 0.2) is 27.5 Å². The van der Waals surface area contributed by atoms with Crippen LogP contribution in [0.25, 0.3) is 11.4 Å². The maximum Gasteiger partial charge on any atom is 0.164 e. The molecule has 0 N–H and O–H groups in total. The minimum atomic E-state index is 0.475. The normalized spacial score (nSPS) is 16.3. The van der Waals surface area contributed by atoms with Crippen molar-refractivity contribution in [3.8, 4) is 11.4 Å². The van der Waals surface area contributed by atoms with Crippen molar-refractivity contribution in [1.29, 1.82) is 0 Å². The zero-order valence-electron chi connectivity index (χ0n) is 9.70. The van der Waals surface area contributed by atoms with Crippen molar-refractivity contribution in [3.05, 3.63) is 33.9 Å². The lowest BCUT2D eigenvalue weighted by Crippen LogP contribution is -2.02. The van der Waals surface area contributed by atoms with Gasteiger partial charge in [-0.1, -0.05) is 24.4 Å². The van der Waals surface area contributed by atoms with E-state index in [4.69, 9.17) is 16.0 Å². The molecule has 1 aliphatic rings. The van der Waals surface area contributed by atoms with E-state index in [-0.39, 0.29) is 0 Å². The summed E-state index contributed by atoms with van der Waals surface area (Å²) in [4.78, 5) is 8.95. The van der Waals surface area contributed by atoms with Gasteiger partial charge in [0.25, 0.3) is 0 Å². The van der Waals surface area contributed by atoms with Gasteiger partial charge < -0.3 is 4.42 Å². The summed E-state index contributed by atoms with van der Waals surface area (Å²) in [6.07, 6.45) is 8.13. The Bertz CT molecular complexity index is 550. The fraction of sp³-hybridized carbons (Fsp3) is 0.385. The van der Waals surface area contributed by atoms with Gasteiger partial charge in [0.2, 0.25) is 0 Å². The van der Waals surface area contributed by atoms with E-state index in [2.05, 4.69) is 25.9 Å². The molecule has 1 fully saturated rings. The maximum absolute atomic E-state index is 6.19. The third-order valence-electron chi connectivity index (χ3n) is 3.36. The highest BCUT2D eigenvalue weighted by atomic mass is 79.9. The van der Waals surface area contributed by atoms with Gasteiger partial charge in [-0.15, -0.1) is 0 Å². The molecule has 94 valence electrons. The molecule has 0 bridgehead atoms. The summed E-state index contributed by atoms with van der Waals surface area (Å²) in [6, 6.07) is 1.85. The second-order valence-electron chi connectivity index (χ2n) is 4.53. The van der Waals surface area contributed by atoms with Crippen molar-refractivity contribution < 1.29 is 4.42 Å². The van der Waals surface area contributed by atoms with Crippen molar-refractivity contribution in [2.45, 2.75) is 31.6 Å². The molecule has 0 atom stereocenters. The maximum atomic E-state index is 6.19. The number of rotatable bonds is 2. The van der Waals surface area contributed by atoms with Gasteiger partial charge in [-0.3, -0.25) is 0 Å². The number of hydrogen-bond acceptors (Lipinski definition) is 3. The molecular formula is C13H12BrClN2O. The standard InChI is InChI=1S/C13H12BrClN2O/c14-10-11(8-3-1-2-4-8)16-13(17-12(10)15)9-5-6-18-7-9/h5-8H,1-4H2. The van der Waals surface area contributed by atoms with E-state index >= 15 is 0 Å². The summed E-state index contributed by atoms with van der Waals surface area (Å²) < 4.78 is 5.91. The van der Waals surface area contributed by atoms with E-state index in [1.54, 1.807) is 12.5 Å². The average Bonchev–Trinajstić information content (AvgIpc) is 3.03. The van der Waals surface area contributed by atoms with Crippen LogP contribution in [0.4, 0.5) is 0 Å². The Balaban J connectivity index is 2.07. The SMILES string of the molecule is Clc1nc(-c2ccoc2)nc(C2CCCC2)c1Br. The molecule has 0 amide bonds. The first-order chi connectivity index (χ1) is 8.75. The summed E-state index contributed by atoms with van der Waals surface area (Å²) in [5.41, 5.74) is 1.90. The topological polar surface area (TPSA) is 38.9 Å². The summed E-state index contributed by atoms with van der Waals surface area (Å²) in [5, 5.41) is 0.475. The lowest BCUT2D eigenvalue weighted by molar-refractivity contribution is 0.568. The van der Waals surface area contributed by atoms with Crippen molar-refractivity contribution in [2.24, 2.45) is 0 Å². The van der Waals surface area contributed by atoms with Crippen LogP contribution in [0.5, 0.6) is 0 Å². The molecule has 2 aromatic rings. The van der Waals surface area contributed by atoms with E-state index in [9.17, 15) is 0 Å². The Labute approximate surface area is 119 Å². The average molecular weight is 328 g/mol. The Kier molecular flexibility index (Phi) is 3.39. The van der Waals surface area contributed by atoms with E-state index in [1.807, 2.05) is 6.07 Å². The van der Waals surface area contributed by atoms with Gasteiger partial charge in [0.1, 0.15) is 11.4 Å². The molecule has 18 heavy (non-hydrogen) atoms. The summed E-state index contributed by atoms with van der Waals surface area (Å²) in [7, 11) is 0. The van der Waals surface area contributed by atoms with Crippen LogP contribution in [0.2, 0.25) is 5.15 Å². The molecule has 2 heterocycles. The number of nitrogens with zero attached hydrogens (tertiary/aromatic N) is 2. The molecule has 3 rings (SSSR count). The highest BCUT2D eigenvalue weighted by molar-refractivity contribution is 9.10. The summed E-state index contributed by atoms with van der Waals surface area (Å²) >= 11 is 9.69. The molecule has 2 aromatic heterocycles. The molecule has 0 saturated heterocycles. The van der Waals surface area contributed by atoms with Gasteiger partial charge >= 0.3 is 0 Å². The first kappa shape index (κ1) is 12.2. The van der Waals surface area contributed by atoms with E-state index in [0.29, 0.717) is 16.9 Å². The van der Waals surface area contributed by atoms with Gasteiger partial charge in [-0.25, -0.2) is 9.97 Å². The van der Waals surface area contributed by atoms with Crippen molar-refractivity contribution in [2.75, 3.05) is 0 Å². The highest BCUT2D eigenvalue weighted by Gasteiger charge is 2.23.